The molecule has 160 valence electrons. The Hall–Kier alpha value is -3.05. The van der Waals surface area contributed by atoms with Crippen molar-refractivity contribution in [2.45, 2.75) is 32.4 Å². The van der Waals surface area contributed by atoms with E-state index in [-0.39, 0.29) is 17.5 Å². The first-order valence-corrected chi connectivity index (χ1v) is 10.7. The van der Waals surface area contributed by atoms with Gasteiger partial charge in [-0.05, 0) is 67.6 Å². The van der Waals surface area contributed by atoms with Gasteiger partial charge in [0, 0.05) is 28.3 Å². The summed E-state index contributed by atoms with van der Waals surface area (Å²) >= 11 is 6.41. The Bertz CT molecular complexity index is 1240. The number of hydrogen-bond acceptors (Lipinski definition) is 3. The van der Waals surface area contributed by atoms with E-state index in [1.165, 1.54) is 6.08 Å². The molecule has 4 rings (SSSR count). The molecule has 31 heavy (non-hydrogen) atoms. The minimum Gasteiger partial charge on any atom is -0.372 e. The summed E-state index contributed by atoms with van der Waals surface area (Å²) in [6.07, 6.45) is 3.17. The van der Waals surface area contributed by atoms with Crippen molar-refractivity contribution < 1.29 is 4.79 Å². The van der Waals surface area contributed by atoms with Crippen LogP contribution in [-0.4, -0.2) is 28.5 Å². The van der Waals surface area contributed by atoms with Crippen LogP contribution >= 0.6 is 11.6 Å². The van der Waals surface area contributed by atoms with Gasteiger partial charge in [0.15, 0.2) is 0 Å². The Labute approximate surface area is 186 Å². The number of carbonyl (C=O) groups excluding carboxylic acids is 1. The number of likely N-dealkylation sites (tertiary alicyclic amines) is 1. The van der Waals surface area contributed by atoms with Gasteiger partial charge in [0.1, 0.15) is 0 Å². The molecule has 0 bridgehead atoms. The Kier molecular flexibility index (Phi) is 5.40. The molecule has 0 spiro atoms. The lowest BCUT2D eigenvalue weighted by atomic mass is 9.79. The molecule has 2 heterocycles. The number of pyridine rings is 1. The van der Waals surface area contributed by atoms with Crippen molar-refractivity contribution >= 4 is 34.0 Å². The standard InChI is InChI=1S/C25H26ClN3O2/c1-5-23(30)28-14-25(15-28,21-7-6-8-22(26)17(21)4)27-19-10-9-18-11-12-29(16(2)3)24(31)20(18)13-19/h5-13,16,27H,1,14-15H2,2-4H3. The van der Waals surface area contributed by atoms with Crippen LogP contribution in [0.1, 0.15) is 31.0 Å². The highest BCUT2D eigenvalue weighted by atomic mass is 35.5. The highest BCUT2D eigenvalue weighted by molar-refractivity contribution is 6.31. The summed E-state index contributed by atoms with van der Waals surface area (Å²) in [4.78, 5) is 26.9. The largest absolute Gasteiger partial charge is 0.372 e. The van der Waals surface area contributed by atoms with Crippen LogP contribution in [0.3, 0.4) is 0 Å². The third-order valence-electron chi connectivity index (χ3n) is 6.06. The second kappa shape index (κ2) is 7.89. The van der Waals surface area contributed by atoms with Gasteiger partial charge in [-0.2, -0.15) is 0 Å². The minimum absolute atomic E-state index is 0.0128. The number of amides is 1. The molecule has 1 saturated heterocycles. The van der Waals surface area contributed by atoms with Crippen molar-refractivity contribution in [1.82, 2.24) is 9.47 Å². The summed E-state index contributed by atoms with van der Waals surface area (Å²) in [6, 6.07) is 13.7. The van der Waals surface area contributed by atoms with Crippen molar-refractivity contribution in [2.75, 3.05) is 18.4 Å². The van der Waals surface area contributed by atoms with E-state index in [2.05, 4.69) is 11.9 Å². The number of hydrogen-bond donors (Lipinski definition) is 1. The average Bonchev–Trinajstić information content (AvgIpc) is 2.72. The van der Waals surface area contributed by atoms with E-state index >= 15 is 0 Å². The molecule has 0 radical (unpaired) electrons. The smallest absolute Gasteiger partial charge is 0.258 e. The second-order valence-corrected chi connectivity index (χ2v) is 8.85. The van der Waals surface area contributed by atoms with Crippen LogP contribution < -0.4 is 10.9 Å². The SMILES string of the molecule is C=CC(=O)N1CC(Nc2ccc3ccn(C(C)C)c(=O)c3c2)(c2cccc(Cl)c2C)C1. The van der Waals surface area contributed by atoms with Crippen molar-refractivity contribution in [2.24, 2.45) is 0 Å². The van der Waals surface area contributed by atoms with Crippen LogP contribution in [0.4, 0.5) is 5.69 Å². The number of anilines is 1. The fourth-order valence-electron chi connectivity index (χ4n) is 4.35. The van der Waals surface area contributed by atoms with E-state index < -0.39 is 5.54 Å². The Morgan fingerprint density at radius 1 is 1.23 bits per heavy atom. The predicted octanol–water partition coefficient (Wildman–Crippen LogP) is 4.88. The molecule has 0 saturated carbocycles. The van der Waals surface area contributed by atoms with E-state index in [0.717, 1.165) is 22.2 Å². The lowest BCUT2D eigenvalue weighted by Crippen LogP contribution is -2.65. The first-order valence-electron chi connectivity index (χ1n) is 10.4. The van der Waals surface area contributed by atoms with Gasteiger partial charge in [-0.15, -0.1) is 0 Å². The highest BCUT2D eigenvalue weighted by Gasteiger charge is 2.47. The van der Waals surface area contributed by atoms with Crippen molar-refractivity contribution in [1.29, 1.82) is 0 Å². The van der Waals surface area contributed by atoms with Crippen molar-refractivity contribution in [3.05, 3.63) is 87.8 Å². The quantitative estimate of drug-likeness (QED) is 0.581. The molecule has 0 aliphatic carbocycles. The monoisotopic (exact) mass is 435 g/mol. The lowest BCUT2D eigenvalue weighted by molar-refractivity contribution is -0.132. The fraction of sp³-hybridized carbons (Fsp3) is 0.280. The number of rotatable bonds is 5. The maximum Gasteiger partial charge on any atom is 0.258 e. The van der Waals surface area contributed by atoms with Gasteiger partial charge in [-0.3, -0.25) is 9.59 Å². The van der Waals surface area contributed by atoms with Crippen LogP contribution in [-0.2, 0) is 10.3 Å². The number of aromatic nitrogens is 1. The fourth-order valence-corrected chi connectivity index (χ4v) is 4.52. The maximum atomic E-state index is 13.0. The van der Waals surface area contributed by atoms with Gasteiger partial charge in [-0.25, -0.2) is 0 Å². The molecule has 5 nitrogen and oxygen atoms in total. The zero-order chi connectivity index (χ0) is 22.3. The molecule has 3 aromatic rings. The van der Waals surface area contributed by atoms with E-state index in [1.807, 2.05) is 69.4 Å². The Balaban J connectivity index is 1.77. The number of benzene rings is 2. The third-order valence-corrected chi connectivity index (χ3v) is 6.47. The molecule has 1 N–H and O–H groups in total. The summed E-state index contributed by atoms with van der Waals surface area (Å²) in [5.74, 6) is -0.101. The van der Waals surface area contributed by atoms with E-state index in [4.69, 9.17) is 11.6 Å². The molecule has 2 aromatic carbocycles. The van der Waals surface area contributed by atoms with Gasteiger partial charge in [0.2, 0.25) is 5.91 Å². The highest BCUT2D eigenvalue weighted by Crippen LogP contribution is 2.39. The molecular weight excluding hydrogens is 410 g/mol. The Morgan fingerprint density at radius 3 is 2.65 bits per heavy atom. The predicted molar refractivity (Wildman–Crippen MR) is 127 cm³/mol. The average molecular weight is 436 g/mol. The first kappa shape index (κ1) is 21.2. The Morgan fingerprint density at radius 2 is 1.97 bits per heavy atom. The van der Waals surface area contributed by atoms with Crippen LogP contribution in [0.15, 0.2) is 66.1 Å². The summed E-state index contributed by atoms with van der Waals surface area (Å²) in [5.41, 5.74) is 2.34. The molecule has 6 heteroatoms. The zero-order valence-corrected chi connectivity index (χ0v) is 18.7. The second-order valence-electron chi connectivity index (χ2n) is 8.44. The van der Waals surface area contributed by atoms with E-state index in [1.54, 1.807) is 9.47 Å². The van der Waals surface area contributed by atoms with Gasteiger partial charge in [0.25, 0.3) is 5.56 Å². The van der Waals surface area contributed by atoms with Crippen LogP contribution in [0, 0.1) is 6.92 Å². The summed E-state index contributed by atoms with van der Waals surface area (Å²) in [7, 11) is 0. The van der Waals surface area contributed by atoms with Gasteiger partial charge in [0.05, 0.1) is 18.6 Å². The van der Waals surface area contributed by atoms with Crippen molar-refractivity contribution in [3.63, 3.8) is 0 Å². The molecule has 1 aliphatic heterocycles. The molecule has 0 atom stereocenters. The first-order chi connectivity index (χ1) is 14.8. The van der Waals surface area contributed by atoms with E-state index in [9.17, 15) is 9.59 Å². The maximum absolute atomic E-state index is 13.0. The number of fused-ring (bicyclic) bond motifs is 1. The lowest BCUT2D eigenvalue weighted by Gasteiger charge is -2.51. The number of nitrogens with one attached hydrogen (secondary N) is 1. The number of carbonyl (C=O) groups is 1. The van der Waals surface area contributed by atoms with Crippen LogP contribution in [0.2, 0.25) is 5.02 Å². The number of halogens is 1. The molecule has 1 fully saturated rings. The van der Waals surface area contributed by atoms with Gasteiger partial charge in [-0.1, -0.05) is 36.4 Å². The topological polar surface area (TPSA) is 54.3 Å². The summed E-state index contributed by atoms with van der Waals surface area (Å²) in [6.45, 7) is 10.5. The van der Waals surface area contributed by atoms with Gasteiger partial charge < -0.3 is 14.8 Å². The van der Waals surface area contributed by atoms with Crippen LogP contribution in [0.25, 0.3) is 10.8 Å². The van der Waals surface area contributed by atoms with Crippen molar-refractivity contribution in [3.8, 4) is 0 Å². The molecule has 1 aliphatic rings. The molecule has 1 amide bonds. The minimum atomic E-state index is -0.493. The van der Waals surface area contributed by atoms with E-state index in [0.29, 0.717) is 23.5 Å². The third kappa shape index (κ3) is 3.63. The summed E-state index contributed by atoms with van der Waals surface area (Å²) < 4.78 is 1.73. The van der Waals surface area contributed by atoms with Crippen LogP contribution in [0.5, 0.6) is 0 Å². The molecular formula is C25H26ClN3O2. The zero-order valence-electron chi connectivity index (χ0n) is 18.0. The summed E-state index contributed by atoms with van der Waals surface area (Å²) in [5, 5.41) is 5.87. The molecule has 1 aromatic heterocycles. The van der Waals surface area contributed by atoms with Gasteiger partial charge >= 0.3 is 0 Å². The molecule has 0 unspecified atom stereocenters. The normalized spacial score (nSPS) is 15.1. The number of nitrogens with zero attached hydrogens (tertiary/aromatic N) is 2.